The first-order valence-electron chi connectivity index (χ1n) is 7.80. The molecule has 0 bridgehead atoms. The number of amides is 1. The number of hydrogen-bond donors (Lipinski definition) is 3. The van der Waals surface area contributed by atoms with E-state index in [2.05, 4.69) is 15.7 Å². The molecule has 116 valence electrons. The van der Waals surface area contributed by atoms with Gasteiger partial charge in [0.15, 0.2) is 0 Å². The largest absolute Gasteiger partial charge is 0.393 e. The van der Waals surface area contributed by atoms with Crippen LogP contribution in [0.5, 0.6) is 0 Å². The zero-order chi connectivity index (χ0) is 14.8. The van der Waals surface area contributed by atoms with Gasteiger partial charge in [-0.3, -0.25) is 9.48 Å². The third-order valence-corrected chi connectivity index (χ3v) is 4.86. The zero-order valence-corrected chi connectivity index (χ0v) is 12.5. The smallest absolute Gasteiger partial charge is 0.225 e. The van der Waals surface area contributed by atoms with E-state index in [4.69, 9.17) is 0 Å². The van der Waals surface area contributed by atoms with Gasteiger partial charge >= 0.3 is 0 Å². The minimum atomic E-state index is -0.249. The van der Waals surface area contributed by atoms with Crippen LogP contribution in [0.2, 0.25) is 0 Å². The van der Waals surface area contributed by atoms with Gasteiger partial charge in [-0.25, -0.2) is 0 Å². The van der Waals surface area contributed by atoms with Crippen molar-refractivity contribution in [1.82, 2.24) is 20.4 Å². The van der Waals surface area contributed by atoms with Crippen LogP contribution in [-0.2, 0) is 11.8 Å². The summed E-state index contributed by atoms with van der Waals surface area (Å²) in [6.45, 7) is 2.12. The second-order valence-corrected chi connectivity index (χ2v) is 6.32. The summed E-state index contributed by atoms with van der Waals surface area (Å²) >= 11 is 0. The molecule has 1 aliphatic heterocycles. The molecule has 0 radical (unpaired) electrons. The van der Waals surface area contributed by atoms with Crippen molar-refractivity contribution < 1.29 is 9.90 Å². The second-order valence-electron chi connectivity index (χ2n) is 6.32. The van der Waals surface area contributed by atoms with Crippen molar-refractivity contribution in [2.75, 3.05) is 19.6 Å². The number of carbonyl (C=O) groups excluding carboxylic acids is 1. The Morgan fingerprint density at radius 1 is 1.52 bits per heavy atom. The maximum Gasteiger partial charge on any atom is 0.225 e. The van der Waals surface area contributed by atoms with Crippen LogP contribution in [0, 0.1) is 11.8 Å². The van der Waals surface area contributed by atoms with Gasteiger partial charge in [-0.2, -0.15) is 5.10 Å². The Bertz CT molecular complexity index is 502. The molecule has 1 saturated carbocycles. The lowest BCUT2D eigenvalue weighted by Gasteiger charge is -2.20. The third kappa shape index (κ3) is 3.11. The Morgan fingerprint density at radius 2 is 2.38 bits per heavy atom. The molecule has 6 heteroatoms. The van der Waals surface area contributed by atoms with Gasteiger partial charge in [-0.05, 0) is 18.4 Å². The number of rotatable bonds is 4. The summed E-state index contributed by atoms with van der Waals surface area (Å²) in [6, 6.07) is 0. The molecule has 6 nitrogen and oxygen atoms in total. The molecule has 0 spiro atoms. The van der Waals surface area contributed by atoms with E-state index in [9.17, 15) is 9.90 Å². The summed E-state index contributed by atoms with van der Waals surface area (Å²) in [7, 11) is 1.89. The van der Waals surface area contributed by atoms with Crippen LogP contribution >= 0.6 is 0 Å². The van der Waals surface area contributed by atoms with E-state index < -0.39 is 0 Å². The van der Waals surface area contributed by atoms with E-state index >= 15 is 0 Å². The lowest BCUT2D eigenvalue weighted by atomic mass is 9.90. The van der Waals surface area contributed by atoms with Crippen LogP contribution < -0.4 is 10.6 Å². The zero-order valence-electron chi connectivity index (χ0n) is 12.5. The molecule has 2 heterocycles. The first-order valence-corrected chi connectivity index (χ1v) is 7.80. The monoisotopic (exact) mass is 292 g/mol. The van der Waals surface area contributed by atoms with Crippen LogP contribution in [0.25, 0.3) is 0 Å². The molecular weight excluding hydrogens is 268 g/mol. The minimum absolute atomic E-state index is 0.0484. The van der Waals surface area contributed by atoms with Crippen molar-refractivity contribution in [3.63, 3.8) is 0 Å². The maximum atomic E-state index is 12.4. The number of aliphatic hydroxyl groups is 1. The fraction of sp³-hybridized carbons (Fsp3) is 0.733. The summed E-state index contributed by atoms with van der Waals surface area (Å²) in [4.78, 5) is 12.4. The normalized spacial score (nSPS) is 32.5. The molecule has 3 N–H and O–H groups in total. The number of aromatic nitrogens is 2. The Kier molecular flexibility index (Phi) is 4.26. The number of aryl methyl sites for hydroxylation is 1. The van der Waals surface area contributed by atoms with E-state index in [0.717, 1.165) is 31.4 Å². The lowest BCUT2D eigenvalue weighted by Crippen LogP contribution is -2.38. The Morgan fingerprint density at radius 3 is 3.05 bits per heavy atom. The van der Waals surface area contributed by atoms with Gasteiger partial charge in [0.25, 0.3) is 0 Å². The Labute approximate surface area is 124 Å². The summed E-state index contributed by atoms with van der Waals surface area (Å²) in [5.74, 6) is 0.452. The van der Waals surface area contributed by atoms with Gasteiger partial charge < -0.3 is 15.7 Å². The van der Waals surface area contributed by atoms with Crippen molar-refractivity contribution in [3.05, 3.63) is 18.0 Å². The number of aliphatic hydroxyl groups excluding tert-OH is 1. The molecule has 2 fully saturated rings. The molecule has 1 aromatic rings. The van der Waals surface area contributed by atoms with E-state index in [0.29, 0.717) is 13.1 Å². The van der Waals surface area contributed by atoms with Crippen LogP contribution in [0.1, 0.15) is 30.7 Å². The number of nitrogens with zero attached hydrogens (tertiary/aromatic N) is 2. The lowest BCUT2D eigenvalue weighted by molar-refractivity contribution is -0.125. The molecule has 1 aromatic heterocycles. The number of hydrogen-bond acceptors (Lipinski definition) is 4. The van der Waals surface area contributed by atoms with Crippen LogP contribution in [0.15, 0.2) is 12.4 Å². The highest BCUT2D eigenvalue weighted by molar-refractivity contribution is 5.80. The molecule has 1 amide bonds. The fourth-order valence-corrected chi connectivity index (χ4v) is 3.55. The molecule has 4 atom stereocenters. The average molecular weight is 292 g/mol. The maximum absolute atomic E-state index is 12.4. The number of carbonyl (C=O) groups is 1. The highest BCUT2D eigenvalue weighted by atomic mass is 16.3. The van der Waals surface area contributed by atoms with E-state index in [1.807, 2.05) is 19.4 Å². The van der Waals surface area contributed by atoms with Gasteiger partial charge in [-0.1, -0.05) is 6.42 Å². The van der Waals surface area contributed by atoms with Crippen LogP contribution in [0.3, 0.4) is 0 Å². The van der Waals surface area contributed by atoms with Gasteiger partial charge in [-0.15, -0.1) is 0 Å². The summed E-state index contributed by atoms with van der Waals surface area (Å²) < 4.78 is 1.78. The van der Waals surface area contributed by atoms with Crippen molar-refractivity contribution >= 4 is 5.91 Å². The van der Waals surface area contributed by atoms with E-state index in [1.165, 1.54) is 0 Å². The molecule has 21 heavy (non-hydrogen) atoms. The Balaban J connectivity index is 1.58. The highest BCUT2D eigenvalue weighted by Crippen LogP contribution is 2.29. The summed E-state index contributed by atoms with van der Waals surface area (Å²) in [5, 5.41) is 20.4. The van der Waals surface area contributed by atoms with Crippen LogP contribution in [-0.4, -0.2) is 46.5 Å². The molecule has 1 aliphatic carbocycles. The van der Waals surface area contributed by atoms with Gasteiger partial charge in [0.1, 0.15) is 0 Å². The van der Waals surface area contributed by atoms with Crippen molar-refractivity contribution in [2.24, 2.45) is 18.9 Å². The summed E-state index contributed by atoms with van der Waals surface area (Å²) in [6.07, 6.45) is 6.52. The van der Waals surface area contributed by atoms with Gasteiger partial charge in [0.2, 0.25) is 5.91 Å². The molecular formula is C15H24N4O2. The number of nitrogens with one attached hydrogen (secondary N) is 2. The van der Waals surface area contributed by atoms with Gasteiger partial charge in [0, 0.05) is 44.7 Å². The van der Waals surface area contributed by atoms with Gasteiger partial charge in [0.05, 0.1) is 18.2 Å². The SMILES string of the molecule is Cn1cc([C@H]2CNC[C@@H]2C(=O)NCC2CCCC2O)cn1. The fourth-order valence-electron chi connectivity index (χ4n) is 3.55. The molecule has 3 rings (SSSR count). The standard InChI is InChI=1S/C15H24N4O2/c1-19-9-11(6-18-19)12-7-16-8-13(12)15(21)17-5-10-3-2-4-14(10)20/h6,9-10,12-14,16,20H,2-5,7-8H2,1H3,(H,17,21)/t10?,12-,13+,14?/m1/s1. The van der Waals surface area contributed by atoms with E-state index in [-0.39, 0.29) is 29.8 Å². The quantitative estimate of drug-likeness (QED) is 0.730. The predicted octanol–water partition coefficient (Wildman–Crippen LogP) is 0.000300. The first kappa shape index (κ1) is 14.5. The first-order chi connectivity index (χ1) is 10.1. The Hall–Kier alpha value is -1.40. The molecule has 2 unspecified atom stereocenters. The molecule has 1 saturated heterocycles. The average Bonchev–Trinajstić information content (AvgIpc) is 3.16. The minimum Gasteiger partial charge on any atom is -0.393 e. The van der Waals surface area contributed by atoms with Crippen molar-refractivity contribution in [3.8, 4) is 0 Å². The molecule has 0 aromatic carbocycles. The third-order valence-electron chi connectivity index (χ3n) is 4.86. The predicted molar refractivity (Wildman–Crippen MR) is 78.7 cm³/mol. The summed E-state index contributed by atoms with van der Waals surface area (Å²) in [5.41, 5.74) is 1.11. The van der Waals surface area contributed by atoms with E-state index in [1.54, 1.807) is 4.68 Å². The molecule has 2 aliphatic rings. The second kappa shape index (κ2) is 6.15. The van der Waals surface area contributed by atoms with Crippen molar-refractivity contribution in [1.29, 1.82) is 0 Å². The van der Waals surface area contributed by atoms with Crippen LogP contribution in [0.4, 0.5) is 0 Å². The topological polar surface area (TPSA) is 79.2 Å². The highest BCUT2D eigenvalue weighted by Gasteiger charge is 2.35. The van der Waals surface area contributed by atoms with Crippen molar-refractivity contribution in [2.45, 2.75) is 31.3 Å².